The van der Waals surface area contributed by atoms with Crippen molar-refractivity contribution < 1.29 is 4.79 Å². The molecule has 1 aliphatic heterocycles. The molecule has 0 atom stereocenters. The summed E-state index contributed by atoms with van der Waals surface area (Å²) in [6.45, 7) is 2.23. The lowest BCUT2D eigenvalue weighted by atomic mass is 10.1. The number of carbonyl (C=O) groups is 1. The summed E-state index contributed by atoms with van der Waals surface area (Å²) in [7, 11) is 0. The minimum atomic E-state index is 0.0699. The number of likely N-dealkylation sites (tertiary alicyclic amines) is 1. The Kier molecular flexibility index (Phi) is 5.10. The summed E-state index contributed by atoms with van der Waals surface area (Å²) in [6.07, 6.45) is 2.19. The zero-order valence-corrected chi connectivity index (χ0v) is 11.0. The molecule has 0 aromatic carbocycles. The van der Waals surface area contributed by atoms with Gasteiger partial charge in [-0.25, -0.2) is 0 Å². The lowest BCUT2D eigenvalue weighted by Crippen LogP contribution is -2.42. The van der Waals surface area contributed by atoms with Crippen LogP contribution < -0.4 is 5.32 Å². The van der Waals surface area contributed by atoms with Crippen molar-refractivity contribution in [2.75, 3.05) is 17.6 Å². The third-order valence-corrected chi connectivity index (χ3v) is 3.35. The molecule has 0 aromatic heterocycles. The summed E-state index contributed by atoms with van der Waals surface area (Å²) in [5.74, 6) is 0. The Bertz CT molecular complexity index is 157. The molecule has 1 amide bonds. The first-order valence-electron chi connectivity index (χ1n) is 3.96. The highest BCUT2D eigenvalue weighted by Gasteiger charge is 2.18. The Morgan fingerprint density at radius 3 is 2.50 bits per heavy atom. The molecular weight excluding hydrogens is 382 g/mol. The second kappa shape index (κ2) is 5.58. The van der Waals surface area contributed by atoms with Crippen molar-refractivity contribution in [2.24, 2.45) is 0 Å². The van der Waals surface area contributed by atoms with E-state index in [2.05, 4.69) is 32.8 Å². The molecule has 0 saturated carbocycles. The van der Waals surface area contributed by atoms with Crippen LogP contribution in [0.15, 0.2) is 0 Å². The van der Waals surface area contributed by atoms with Gasteiger partial charge in [0.1, 0.15) is 0 Å². The van der Waals surface area contributed by atoms with Gasteiger partial charge in [-0.1, -0.05) is 22.6 Å². The molecule has 70 valence electrons. The molecule has 0 bridgehead atoms. The van der Waals surface area contributed by atoms with Gasteiger partial charge in [0.15, 0.2) is 0 Å². The lowest BCUT2D eigenvalue weighted by Gasteiger charge is -2.30. The zero-order valence-electron chi connectivity index (χ0n) is 6.72. The Hall–Kier alpha value is 0.890. The van der Waals surface area contributed by atoms with Gasteiger partial charge in [0.25, 0.3) is 3.91 Å². The maximum atomic E-state index is 10.7. The van der Waals surface area contributed by atoms with Gasteiger partial charge in [-0.3, -0.25) is 9.69 Å². The fourth-order valence-electron chi connectivity index (χ4n) is 1.36. The summed E-state index contributed by atoms with van der Waals surface area (Å²) in [5, 5.41) is 2.94. The standard InChI is InChI=1S/C7H12I2N2O/c8-5-11-3-1-6(2-4-11)10-7(9)12/h6H,1-5H2,(H,10,12). The second-order valence-electron chi connectivity index (χ2n) is 2.93. The first-order valence-corrected chi connectivity index (χ1v) is 6.57. The van der Waals surface area contributed by atoms with Crippen molar-refractivity contribution in [3.63, 3.8) is 0 Å². The van der Waals surface area contributed by atoms with Gasteiger partial charge >= 0.3 is 0 Å². The van der Waals surface area contributed by atoms with Crippen molar-refractivity contribution >= 4 is 49.1 Å². The van der Waals surface area contributed by atoms with Crippen LogP contribution in [0, 0.1) is 0 Å². The van der Waals surface area contributed by atoms with Crippen LogP contribution in [0.4, 0.5) is 4.79 Å². The van der Waals surface area contributed by atoms with E-state index in [4.69, 9.17) is 0 Å². The molecule has 5 heteroatoms. The SMILES string of the molecule is O=C(I)NC1CCN(CI)CC1. The molecule has 0 spiro atoms. The molecule has 3 nitrogen and oxygen atoms in total. The van der Waals surface area contributed by atoms with E-state index in [1.54, 1.807) is 22.6 Å². The first kappa shape index (κ1) is 11.0. The van der Waals surface area contributed by atoms with Gasteiger partial charge in [-0.15, -0.1) is 0 Å². The van der Waals surface area contributed by atoms with Crippen LogP contribution in [0.1, 0.15) is 12.8 Å². The molecule has 0 aromatic rings. The largest absolute Gasteiger partial charge is 0.345 e. The monoisotopic (exact) mass is 394 g/mol. The Labute approximate surface area is 99.9 Å². The summed E-state index contributed by atoms with van der Waals surface area (Å²) >= 11 is 4.17. The number of halogens is 2. The van der Waals surface area contributed by atoms with Crippen LogP contribution in [0.25, 0.3) is 0 Å². The lowest BCUT2D eigenvalue weighted by molar-refractivity contribution is 0.225. The number of piperidine rings is 1. The summed E-state index contributed by atoms with van der Waals surface area (Å²) in [5.41, 5.74) is 0. The fraction of sp³-hybridized carbons (Fsp3) is 0.857. The molecular formula is C7H12I2N2O. The second-order valence-corrected chi connectivity index (χ2v) is 4.59. The number of carbonyl (C=O) groups excluding carboxylic acids is 1. The average molecular weight is 394 g/mol. The minimum absolute atomic E-state index is 0.0699. The molecule has 0 radical (unpaired) electrons. The fourth-order valence-corrected chi connectivity index (χ4v) is 2.48. The van der Waals surface area contributed by atoms with Gasteiger partial charge < -0.3 is 5.32 Å². The van der Waals surface area contributed by atoms with Crippen LogP contribution in [0.2, 0.25) is 0 Å². The Morgan fingerprint density at radius 1 is 1.50 bits per heavy atom. The van der Waals surface area contributed by atoms with Crippen LogP contribution in [-0.2, 0) is 0 Å². The number of nitrogens with one attached hydrogen (secondary N) is 1. The average Bonchev–Trinajstić information content (AvgIpc) is 2.05. The van der Waals surface area contributed by atoms with Crippen molar-refractivity contribution in [1.29, 1.82) is 0 Å². The predicted octanol–water partition coefficient (Wildman–Crippen LogP) is 1.99. The highest BCUT2D eigenvalue weighted by Crippen LogP contribution is 2.11. The van der Waals surface area contributed by atoms with E-state index in [-0.39, 0.29) is 3.91 Å². The zero-order chi connectivity index (χ0) is 8.97. The van der Waals surface area contributed by atoms with E-state index >= 15 is 0 Å². The van der Waals surface area contributed by atoms with E-state index in [0.717, 1.165) is 30.5 Å². The van der Waals surface area contributed by atoms with Gasteiger partial charge in [-0.2, -0.15) is 0 Å². The number of rotatable bonds is 2. The summed E-state index contributed by atoms with van der Waals surface area (Å²) < 4.78 is 1.17. The van der Waals surface area contributed by atoms with Crippen LogP contribution in [0.3, 0.4) is 0 Å². The first-order chi connectivity index (χ1) is 5.72. The number of amides is 1. The van der Waals surface area contributed by atoms with E-state index in [1.807, 2.05) is 0 Å². The van der Waals surface area contributed by atoms with Gasteiger partial charge in [-0.05, 0) is 12.8 Å². The Morgan fingerprint density at radius 2 is 2.08 bits per heavy atom. The van der Waals surface area contributed by atoms with E-state index in [0.29, 0.717) is 6.04 Å². The number of hydrogen-bond acceptors (Lipinski definition) is 2. The van der Waals surface area contributed by atoms with Crippen LogP contribution in [0.5, 0.6) is 0 Å². The van der Waals surface area contributed by atoms with E-state index in [1.165, 1.54) is 0 Å². The molecule has 0 aliphatic carbocycles. The normalized spacial score (nSPS) is 20.8. The van der Waals surface area contributed by atoms with E-state index < -0.39 is 0 Å². The third-order valence-electron chi connectivity index (χ3n) is 2.07. The smallest absolute Gasteiger partial charge is 0.280 e. The summed E-state index contributed by atoms with van der Waals surface area (Å²) in [6, 6.07) is 0.411. The quantitative estimate of drug-likeness (QED) is 0.337. The molecule has 1 aliphatic rings. The molecule has 0 unspecified atom stereocenters. The van der Waals surface area contributed by atoms with Gasteiger partial charge in [0.2, 0.25) is 0 Å². The maximum absolute atomic E-state index is 10.7. The predicted molar refractivity (Wildman–Crippen MR) is 66.0 cm³/mol. The van der Waals surface area contributed by atoms with Crippen molar-refractivity contribution in [3.8, 4) is 0 Å². The number of alkyl halides is 1. The summed E-state index contributed by atoms with van der Waals surface area (Å²) in [4.78, 5) is 13.1. The molecule has 1 fully saturated rings. The van der Waals surface area contributed by atoms with Crippen LogP contribution in [-0.4, -0.2) is 32.5 Å². The van der Waals surface area contributed by atoms with E-state index in [9.17, 15) is 4.79 Å². The number of hydrogen-bond donors (Lipinski definition) is 1. The highest BCUT2D eigenvalue weighted by atomic mass is 127. The van der Waals surface area contributed by atoms with Crippen LogP contribution >= 0.6 is 45.2 Å². The molecule has 1 rings (SSSR count). The maximum Gasteiger partial charge on any atom is 0.280 e. The molecule has 1 N–H and O–H groups in total. The number of nitrogens with zero attached hydrogens (tertiary/aromatic N) is 1. The molecule has 1 heterocycles. The third kappa shape index (κ3) is 3.73. The minimum Gasteiger partial charge on any atom is -0.345 e. The molecule has 1 saturated heterocycles. The Balaban J connectivity index is 2.21. The van der Waals surface area contributed by atoms with Crippen molar-refractivity contribution in [2.45, 2.75) is 18.9 Å². The molecule has 12 heavy (non-hydrogen) atoms. The topological polar surface area (TPSA) is 32.3 Å². The van der Waals surface area contributed by atoms with Crippen molar-refractivity contribution in [1.82, 2.24) is 10.2 Å². The van der Waals surface area contributed by atoms with Gasteiger partial charge in [0, 0.05) is 41.7 Å². The highest BCUT2D eigenvalue weighted by molar-refractivity contribution is 14.1. The van der Waals surface area contributed by atoms with Gasteiger partial charge in [0.05, 0.1) is 4.55 Å². The van der Waals surface area contributed by atoms with Crippen molar-refractivity contribution in [3.05, 3.63) is 0 Å².